The van der Waals surface area contributed by atoms with E-state index in [-0.39, 0.29) is 68.4 Å². The van der Waals surface area contributed by atoms with E-state index in [2.05, 4.69) is 62.5 Å². The van der Waals surface area contributed by atoms with Gasteiger partial charge in [-0.25, -0.2) is 4.79 Å². The fourth-order valence-electron chi connectivity index (χ4n) is 7.30. The molecule has 0 aromatic heterocycles. The zero-order chi connectivity index (χ0) is 52.8. The molecule has 1 fully saturated rings. The number of guanidine groups is 1. The molecule has 0 radical (unpaired) electrons. The fourth-order valence-corrected chi connectivity index (χ4v) is 7.71. The number of carboxylic acids is 1. The van der Waals surface area contributed by atoms with Crippen LogP contribution in [-0.4, -0.2) is 153 Å². The van der Waals surface area contributed by atoms with Crippen LogP contribution in [0.2, 0.25) is 0 Å². The molecule has 3 rings (SSSR count). The van der Waals surface area contributed by atoms with Crippen molar-refractivity contribution in [2.45, 2.75) is 106 Å². The second-order valence-electron chi connectivity index (χ2n) is 16.6. The number of likely N-dealkylation sites (tertiary alicyclic amines) is 1. The van der Waals surface area contributed by atoms with Crippen molar-refractivity contribution in [3.8, 4) is 5.75 Å². The normalized spacial score (nSPS) is 16.0. The Morgan fingerprint density at radius 2 is 1.20 bits per heavy atom. The van der Waals surface area contributed by atoms with Gasteiger partial charge in [-0.1, -0.05) is 42.5 Å². The fraction of sp³-hybridized carbons (Fsp3) is 0.477. The monoisotopic (exact) mass is 1030 g/mol. The smallest absolute Gasteiger partial charge is 0.326 e. The topological polar surface area (TPSA) is 427 Å². The summed E-state index contributed by atoms with van der Waals surface area (Å²) in [5, 5.41) is 44.1. The summed E-state index contributed by atoms with van der Waals surface area (Å²) < 4.78 is 0. The Balaban J connectivity index is 1.85. The van der Waals surface area contributed by atoms with Crippen molar-refractivity contribution in [1.29, 1.82) is 5.41 Å². The van der Waals surface area contributed by atoms with Gasteiger partial charge < -0.3 is 75.3 Å². The third-order valence-corrected chi connectivity index (χ3v) is 11.8. The van der Waals surface area contributed by atoms with Crippen molar-refractivity contribution in [2.75, 3.05) is 24.6 Å². The number of hydrogen-bond donors (Lipinski definition) is 16. The number of benzene rings is 2. The van der Waals surface area contributed by atoms with Crippen LogP contribution in [0.5, 0.6) is 5.75 Å². The second kappa shape index (κ2) is 29.1. The maximum Gasteiger partial charge on any atom is 0.326 e. The molecule has 1 aliphatic heterocycles. The number of carbonyl (C=O) groups is 10. The van der Waals surface area contributed by atoms with Crippen LogP contribution in [0.1, 0.15) is 56.1 Å². The van der Waals surface area contributed by atoms with Crippen LogP contribution in [0.3, 0.4) is 0 Å². The summed E-state index contributed by atoms with van der Waals surface area (Å²) in [4.78, 5) is 134. The van der Waals surface area contributed by atoms with Crippen LogP contribution in [0, 0.1) is 5.41 Å². The summed E-state index contributed by atoms with van der Waals surface area (Å²) in [6, 6.07) is 2.92. The zero-order valence-corrected chi connectivity index (χ0v) is 40.4. The highest BCUT2D eigenvalue weighted by Crippen LogP contribution is 2.20. The van der Waals surface area contributed by atoms with Gasteiger partial charge in [0.05, 0.1) is 12.5 Å². The van der Waals surface area contributed by atoms with Gasteiger partial charge in [0.15, 0.2) is 5.96 Å². The molecule has 0 bridgehead atoms. The lowest BCUT2D eigenvalue weighted by Crippen LogP contribution is -2.61. The number of hydrogen-bond acceptors (Lipinski definition) is 15. The van der Waals surface area contributed by atoms with Crippen molar-refractivity contribution in [2.24, 2.45) is 22.9 Å². The van der Waals surface area contributed by atoms with E-state index in [1.54, 1.807) is 30.3 Å². The molecule has 0 unspecified atom stereocenters. The first kappa shape index (κ1) is 58.2. The van der Waals surface area contributed by atoms with Gasteiger partial charge in [0.2, 0.25) is 53.2 Å². The molecule has 1 saturated heterocycles. The van der Waals surface area contributed by atoms with E-state index in [1.165, 1.54) is 24.3 Å². The summed E-state index contributed by atoms with van der Waals surface area (Å²) in [5.41, 5.74) is 23.1. The largest absolute Gasteiger partial charge is 0.508 e. The highest BCUT2D eigenvalue weighted by atomic mass is 32.1. The van der Waals surface area contributed by atoms with Crippen LogP contribution < -0.4 is 60.2 Å². The molecule has 0 aliphatic carbocycles. The molecule has 388 valence electrons. The highest BCUT2D eigenvalue weighted by Gasteiger charge is 2.40. The van der Waals surface area contributed by atoms with E-state index in [1.807, 2.05) is 0 Å². The van der Waals surface area contributed by atoms with Crippen LogP contribution in [0.25, 0.3) is 0 Å². The Morgan fingerprint density at radius 3 is 1.75 bits per heavy atom. The van der Waals surface area contributed by atoms with E-state index >= 15 is 0 Å². The lowest BCUT2D eigenvalue weighted by atomic mass is 10.0. The molecule has 1 aliphatic rings. The van der Waals surface area contributed by atoms with Crippen LogP contribution in [0.4, 0.5) is 0 Å². The molecule has 2 aromatic rings. The molecule has 0 spiro atoms. The number of aromatic hydroxyl groups is 1. The molecule has 25 nitrogen and oxygen atoms in total. The number of carbonyl (C=O) groups excluding carboxylic acids is 9. The summed E-state index contributed by atoms with van der Waals surface area (Å²) in [7, 11) is 0. The Morgan fingerprint density at radius 1 is 0.662 bits per heavy atom. The summed E-state index contributed by atoms with van der Waals surface area (Å²) in [6.07, 6.45) is -1.33. The first-order valence-corrected chi connectivity index (χ1v) is 23.7. The Bertz CT molecular complexity index is 2230. The van der Waals surface area contributed by atoms with Crippen molar-refractivity contribution in [3.63, 3.8) is 0 Å². The van der Waals surface area contributed by atoms with Crippen molar-refractivity contribution >= 4 is 90.4 Å². The highest BCUT2D eigenvalue weighted by molar-refractivity contribution is 7.80. The maximum atomic E-state index is 14.2. The van der Waals surface area contributed by atoms with Crippen LogP contribution in [0.15, 0.2) is 54.6 Å². The molecular weight excluding hydrogens is 967 g/mol. The number of thiol groups is 2. The molecule has 8 atom stereocenters. The average Bonchev–Trinajstić information content (AvgIpc) is 3.82. The Labute approximate surface area is 419 Å². The zero-order valence-electron chi connectivity index (χ0n) is 38.6. The number of phenolic OH excluding ortho intramolecular Hbond substituents is 1. The second-order valence-corrected chi connectivity index (χ2v) is 17.3. The van der Waals surface area contributed by atoms with Crippen molar-refractivity contribution < 1.29 is 58.2 Å². The number of phenols is 1. The van der Waals surface area contributed by atoms with Crippen molar-refractivity contribution in [1.82, 2.24) is 42.1 Å². The maximum absolute atomic E-state index is 14.2. The van der Waals surface area contributed by atoms with Crippen LogP contribution >= 0.6 is 25.3 Å². The molecule has 71 heavy (non-hydrogen) atoms. The first-order valence-electron chi connectivity index (χ1n) is 22.4. The van der Waals surface area contributed by atoms with Gasteiger partial charge in [0.25, 0.3) is 0 Å². The third-order valence-electron chi connectivity index (χ3n) is 11.0. The van der Waals surface area contributed by atoms with E-state index in [0.717, 1.165) is 4.90 Å². The minimum atomic E-state index is -1.79. The van der Waals surface area contributed by atoms with Gasteiger partial charge in [0.1, 0.15) is 48.0 Å². The van der Waals surface area contributed by atoms with E-state index in [9.17, 15) is 58.2 Å². The molecule has 18 N–H and O–H groups in total. The number of carboxylic acid groups (broad SMARTS) is 1. The molecule has 2 aromatic carbocycles. The summed E-state index contributed by atoms with van der Waals surface area (Å²) >= 11 is 8.27. The number of aliphatic carboxylic acids is 1. The predicted octanol–water partition coefficient (Wildman–Crippen LogP) is -4.25. The number of nitrogens with zero attached hydrogens (tertiary/aromatic N) is 1. The quantitative estimate of drug-likeness (QED) is 0.0159. The van der Waals surface area contributed by atoms with Gasteiger partial charge in [-0.2, -0.15) is 25.3 Å². The molecule has 9 amide bonds. The standard InChI is InChI=1S/C44H63N13O12S2/c45-26(21-70)36(61)53-29(19-24-10-12-25(58)13-11-24)39(64)54-30(18-23-6-2-1-3-7-23)38(63)51-27(14-15-34(46)59)37(62)55-31(20-35(47)60)40(65)56-32(22-71)42(67)57-17-5-9-33(57)41(66)52-28(43(68)69)8-4-16-50-44(48)49/h1-3,6-7,10-13,26-33,58,70-71H,4-5,8-9,14-22,45H2,(H2,46,59)(H2,47,60)(H,51,63)(H,52,66)(H,53,61)(H,54,64)(H,55,62)(H,56,65)(H,68,69)(H4,48,49,50)/t26-,27-,28-,29-,30-,31-,32-,33-/m0/s1. The van der Waals surface area contributed by atoms with Gasteiger partial charge in [-0.05, 0) is 55.4 Å². The number of nitrogens with two attached hydrogens (primary N) is 4. The SMILES string of the molecule is N=C(N)NCCC[C@H](NC(=O)[C@@H]1CCCN1C(=O)[C@H](CS)NC(=O)[C@H](CC(N)=O)NC(=O)[C@H](CCC(N)=O)NC(=O)[C@H](Cc1ccccc1)NC(=O)[C@H](Cc1ccc(O)cc1)NC(=O)[C@@H](N)CS)C(=O)O. The lowest BCUT2D eigenvalue weighted by Gasteiger charge is -2.30. The van der Waals surface area contributed by atoms with Gasteiger partial charge in [-0.15, -0.1) is 0 Å². The van der Waals surface area contributed by atoms with Crippen molar-refractivity contribution in [3.05, 3.63) is 65.7 Å². The summed E-state index contributed by atoms with van der Waals surface area (Å²) in [5.74, 6) is -10.4. The number of rotatable bonds is 29. The average molecular weight is 1030 g/mol. The molecule has 27 heteroatoms. The molecule has 1 heterocycles. The first-order chi connectivity index (χ1) is 33.6. The minimum absolute atomic E-state index is 0.0281. The van der Waals surface area contributed by atoms with Gasteiger partial charge in [0, 0.05) is 43.9 Å². The van der Waals surface area contributed by atoms with Crippen LogP contribution in [-0.2, 0) is 60.8 Å². The van der Waals surface area contributed by atoms with E-state index in [0.29, 0.717) is 17.5 Å². The Hall–Kier alpha value is -7.13. The van der Waals surface area contributed by atoms with E-state index < -0.39 is 127 Å². The minimum Gasteiger partial charge on any atom is -0.508 e. The number of amides is 9. The van der Waals surface area contributed by atoms with E-state index in [4.69, 9.17) is 28.3 Å². The molecular formula is C44H63N13O12S2. The Kier molecular flexibility index (Phi) is 23.9. The summed E-state index contributed by atoms with van der Waals surface area (Å²) in [6.45, 7) is 0.215. The number of primary amides is 2. The van der Waals surface area contributed by atoms with Gasteiger partial charge >= 0.3 is 5.97 Å². The van der Waals surface area contributed by atoms with Gasteiger partial charge in [-0.3, -0.25) is 48.6 Å². The lowest BCUT2D eigenvalue weighted by molar-refractivity contribution is -0.145. The molecule has 0 saturated carbocycles. The third kappa shape index (κ3) is 19.7. The number of nitrogens with one attached hydrogen (secondary N) is 8. The predicted molar refractivity (Wildman–Crippen MR) is 263 cm³/mol.